The molecule has 0 saturated carbocycles. The summed E-state index contributed by atoms with van der Waals surface area (Å²) in [5, 5.41) is 32.1. The highest BCUT2D eigenvalue weighted by Gasteiger charge is 2.36. The molecule has 0 aliphatic carbocycles. The van der Waals surface area contributed by atoms with Crippen molar-refractivity contribution < 1.29 is 34.3 Å². The Balaban J connectivity index is 1.15. The fourth-order valence-electron chi connectivity index (χ4n) is 7.26. The zero-order valence-corrected chi connectivity index (χ0v) is 28.1. The van der Waals surface area contributed by atoms with E-state index in [-0.39, 0.29) is 36.5 Å². The lowest BCUT2D eigenvalue weighted by Crippen LogP contribution is -2.33. The first-order chi connectivity index (χ1) is 21.4. The molecule has 0 spiro atoms. The number of carbonyl (C=O) groups is 1. The van der Waals surface area contributed by atoms with Crippen LogP contribution >= 0.6 is 0 Å². The van der Waals surface area contributed by atoms with Crippen molar-refractivity contribution in [2.45, 2.75) is 217 Å². The fourth-order valence-corrected chi connectivity index (χ4v) is 7.26. The Morgan fingerprint density at radius 1 is 0.659 bits per heavy atom. The molecular weight excluding hydrogens is 556 g/mol. The maximum absolute atomic E-state index is 11.7. The van der Waals surface area contributed by atoms with Crippen LogP contribution in [0.25, 0.3) is 0 Å². The van der Waals surface area contributed by atoms with Crippen LogP contribution in [0.4, 0.5) is 0 Å². The van der Waals surface area contributed by atoms with E-state index in [0.717, 1.165) is 76.2 Å². The Bertz CT molecular complexity index is 801. The van der Waals surface area contributed by atoms with Gasteiger partial charge in [0.05, 0.1) is 42.7 Å². The third kappa shape index (κ3) is 14.2. The zero-order chi connectivity index (χ0) is 31.6. The van der Waals surface area contributed by atoms with Crippen LogP contribution < -0.4 is 0 Å². The quantitative estimate of drug-likeness (QED) is 0.0703. The molecular formula is C37H66O7. The van der Waals surface area contributed by atoms with E-state index in [2.05, 4.69) is 6.92 Å². The molecule has 3 aliphatic heterocycles. The summed E-state index contributed by atoms with van der Waals surface area (Å²) < 4.78 is 17.4. The van der Waals surface area contributed by atoms with Crippen LogP contribution in [0.2, 0.25) is 0 Å². The lowest BCUT2D eigenvalue weighted by Gasteiger charge is -2.24. The van der Waals surface area contributed by atoms with Gasteiger partial charge >= 0.3 is 5.97 Å². The molecule has 7 nitrogen and oxygen atoms in total. The minimum atomic E-state index is -0.609. The minimum absolute atomic E-state index is 0.0617. The van der Waals surface area contributed by atoms with Gasteiger partial charge in [0.2, 0.25) is 0 Å². The molecule has 3 rings (SSSR count). The van der Waals surface area contributed by atoms with Crippen molar-refractivity contribution in [3.05, 3.63) is 11.6 Å². The highest BCUT2D eigenvalue weighted by atomic mass is 16.5. The first-order valence-corrected chi connectivity index (χ1v) is 18.6. The van der Waals surface area contributed by atoms with Crippen molar-refractivity contribution in [3.8, 4) is 0 Å². The Morgan fingerprint density at radius 2 is 1.16 bits per heavy atom. The first-order valence-electron chi connectivity index (χ1n) is 18.6. The summed E-state index contributed by atoms with van der Waals surface area (Å²) in [6, 6.07) is 0. The first kappa shape index (κ1) is 37.5. The van der Waals surface area contributed by atoms with Gasteiger partial charge in [0, 0.05) is 5.57 Å². The van der Waals surface area contributed by atoms with E-state index in [9.17, 15) is 20.1 Å². The van der Waals surface area contributed by atoms with Crippen molar-refractivity contribution in [2.75, 3.05) is 0 Å². The van der Waals surface area contributed by atoms with E-state index in [1.165, 1.54) is 70.6 Å². The van der Waals surface area contributed by atoms with E-state index < -0.39 is 18.3 Å². The second-order valence-corrected chi connectivity index (χ2v) is 14.0. The fraction of sp³-hybridized carbons (Fsp3) is 0.919. The van der Waals surface area contributed by atoms with Crippen molar-refractivity contribution >= 4 is 5.97 Å². The summed E-state index contributed by atoms with van der Waals surface area (Å²) in [7, 11) is 0. The van der Waals surface area contributed by atoms with Crippen LogP contribution in [0.3, 0.4) is 0 Å². The van der Waals surface area contributed by atoms with Crippen molar-refractivity contribution in [2.24, 2.45) is 0 Å². The molecule has 3 heterocycles. The van der Waals surface area contributed by atoms with Crippen LogP contribution in [0.15, 0.2) is 11.6 Å². The van der Waals surface area contributed by atoms with Gasteiger partial charge in [-0.25, -0.2) is 4.79 Å². The van der Waals surface area contributed by atoms with E-state index in [1.807, 2.05) is 13.0 Å². The summed E-state index contributed by atoms with van der Waals surface area (Å²) >= 11 is 0. The van der Waals surface area contributed by atoms with Gasteiger partial charge in [-0.2, -0.15) is 0 Å². The average molecular weight is 623 g/mol. The molecule has 0 aromatic rings. The number of carbonyl (C=O) groups excluding carboxylic acids is 1. The number of aliphatic hydroxyl groups is 3. The van der Waals surface area contributed by atoms with Crippen LogP contribution in [0.1, 0.15) is 168 Å². The number of esters is 1. The number of unbranched alkanes of at least 4 members (excludes halogenated alkanes) is 13. The van der Waals surface area contributed by atoms with Gasteiger partial charge in [-0.15, -0.1) is 0 Å². The largest absolute Gasteiger partial charge is 0.455 e. The average Bonchev–Trinajstić information content (AvgIpc) is 3.76. The molecule has 0 amide bonds. The maximum atomic E-state index is 11.7. The van der Waals surface area contributed by atoms with Crippen molar-refractivity contribution in [3.63, 3.8) is 0 Å². The van der Waals surface area contributed by atoms with E-state index in [4.69, 9.17) is 14.2 Å². The van der Waals surface area contributed by atoms with Crippen molar-refractivity contribution in [1.82, 2.24) is 0 Å². The molecule has 256 valence electrons. The Kier molecular flexibility index (Phi) is 18.5. The van der Waals surface area contributed by atoms with Crippen LogP contribution in [-0.2, 0) is 19.0 Å². The van der Waals surface area contributed by atoms with Gasteiger partial charge in [-0.05, 0) is 77.2 Å². The SMILES string of the molecule is CCCCCCCCCC[C@@H](O)[C@@H]1CC[C@@H]([C@@H](O)CC[C@@H](O)[C@H]2CC[C@H](CCCCCCCCCC3=C[C@H](C)OC3=O)O2)O1. The third-order valence-electron chi connectivity index (χ3n) is 10.1. The van der Waals surface area contributed by atoms with Crippen LogP contribution in [0, 0.1) is 0 Å². The summed E-state index contributed by atoms with van der Waals surface area (Å²) in [6.07, 6.45) is 25.4. The minimum Gasteiger partial charge on any atom is -0.455 e. The molecule has 0 radical (unpaired) electrons. The van der Waals surface area contributed by atoms with Crippen LogP contribution in [-0.4, -0.2) is 70.1 Å². The standard InChI is InChI=1S/C37H66O7/c1-3-4-5-6-7-11-14-17-20-31(38)35-25-26-36(44-35)33(40)23-22-32(39)34-24-21-30(43-34)19-16-13-10-8-9-12-15-18-29-27-28(2)42-37(29)41/h27-28,30-36,38-40H,3-26H2,1-2H3/t28-,30-,31+,32+,33-,34+,35-,36-/m0/s1. The second-order valence-electron chi connectivity index (χ2n) is 14.0. The second kappa shape index (κ2) is 21.7. The molecule has 3 N–H and O–H groups in total. The van der Waals surface area contributed by atoms with Gasteiger partial charge in [0.25, 0.3) is 0 Å². The van der Waals surface area contributed by atoms with Gasteiger partial charge in [-0.3, -0.25) is 0 Å². The highest BCUT2D eigenvalue weighted by Crippen LogP contribution is 2.31. The summed E-state index contributed by atoms with van der Waals surface area (Å²) in [5.41, 5.74) is 0.852. The molecule has 0 aromatic carbocycles. The molecule has 8 atom stereocenters. The van der Waals surface area contributed by atoms with Gasteiger partial charge in [0.1, 0.15) is 6.10 Å². The number of hydrogen-bond acceptors (Lipinski definition) is 7. The van der Waals surface area contributed by atoms with E-state index >= 15 is 0 Å². The molecule has 7 heteroatoms. The number of aliphatic hydroxyl groups excluding tert-OH is 3. The highest BCUT2D eigenvalue weighted by molar-refractivity contribution is 5.90. The van der Waals surface area contributed by atoms with Crippen LogP contribution in [0.5, 0.6) is 0 Å². The molecule has 2 saturated heterocycles. The number of hydrogen-bond donors (Lipinski definition) is 3. The van der Waals surface area contributed by atoms with Gasteiger partial charge < -0.3 is 29.5 Å². The summed E-state index contributed by atoms with van der Waals surface area (Å²) in [4.78, 5) is 11.7. The molecule has 2 fully saturated rings. The topological polar surface area (TPSA) is 105 Å². The molecule has 0 aromatic heterocycles. The summed E-state index contributed by atoms with van der Waals surface area (Å²) in [6.45, 7) is 4.15. The Morgan fingerprint density at radius 3 is 1.75 bits per heavy atom. The summed E-state index contributed by atoms with van der Waals surface area (Å²) in [5.74, 6) is -0.133. The Labute approximate surface area is 268 Å². The lowest BCUT2D eigenvalue weighted by atomic mass is 9.98. The molecule has 3 aliphatic rings. The number of rotatable bonds is 25. The lowest BCUT2D eigenvalue weighted by molar-refractivity contribution is -0.139. The molecule has 0 unspecified atom stereocenters. The molecule has 0 bridgehead atoms. The number of ether oxygens (including phenoxy) is 3. The smallest absolute Gasteiger partial charge is 0.334 e. The van der Waals surface area contributed by atoms with Gasteiger partial charge in [0.15, 0.2) is 0 Å². The third-order valence-corrected chi connectivity index (χ3v) is 10.1. The monoisotopic (exact) mass is 622 g/mol. The molecule has 44 heavy (non-hydrogen) atoms. The number of cyclic esters (lactones) is 1. The predicted octanol–water partition coefficient (Wildman–Crippen LogP) is 7.86. The van der Waals surface area contributed by atoms with Crippen molar-refractivity contribution in [1.29, 1.82) is 0 Å². The maximum Gasteiger partial charge on any atom is 0.334 e. The van der Waals surface area contributed by atoms with Gasteiger partial charge in [-0.1, -0.05) is 96.8 Å². The zero-order valence-electron chi connectivity index (χ0n) is 28.1. The Hall–Kier alpha value is -0.990. The normalized spacial score (nSPS) is 27.4. The van der Waals surface area contributed by atoms with E-state index in [1.54, 1.807) is 0 Å². The predicted molar refractivity (Wildman–Crippen MR) is 175 cm³/mol. The van der Waals surface area contributed by atoms with E-state index in [0.29, 0.717) is 12.8 Å².